The van der Waals surface area contributed by atoms with E-state index < -0.39 is 0 Å². The molecular weight excluding hydrogens is 246 g/mol. The molecule has 1 atom stereocenters. The average Bonchev–Trinajstić information content (AvgIpc) is 2.89. The van der Waals surface area contributed by atoms with Crippen LogP contribution in [0, 0.1) is 0 Å². The van der Waals surface area contributed by atoms with Crippen molar-refractivity contribution in [2.75, 3.05) is 26.7 Å². The molecular formula is C17H25N3. The second-order valence-electron chi connectivity index (χ2n) is 5.94. The van der Waals surface area contributed by atoms with Gasteiger partial charge in [-0.05, 0) is 51.0 Å². The molecule has 1 aromatic heterocycles. The first kappa shape index (κ1) is 13.7. The van der Waals surface area contributed by atoms with Crippen molar-refractivity contribution in [3.8, 4) is 0 Å². The van der Waals surface area contributed by atoms with Crippen molar-refractivity contribution >= 4 is 10.9 Å². The number of rotatable bonds is 5. The fourth-order valence-electron chi connectivity index (χ4n) is 3.23. The molecule has 2 aromatic rings. The Balaban J connectivity index is 1.48. The third-order valence-corrected chi connectivity index (χ3v) is 4.55. The van der Waals surface area contributed by atoms with Gasteiger partial charge in [0.2, 0.25) is 0 Å². The van der Waals surface area contributed by atoms with E-state index in [0.717, 1.165) is 25.6 Å². The van der Waals surface area contributed by atoms with Crippen molar-refractivity contribution in [2.45, 2.75) is 31.7 Å². The van der Waals surface area contributed by atoms with Crippen molar-refractivity contribution in [1.29, 1.82) is 0 Å². The monoisotopic (exact) mass is 271 g/mol. The Morgan fingerprint density at radius 1 is 1.30 bits per heavy atom. The first-order valence-electron chi connectivity index (χ1n) is 7.80. The molecule has 3 nitrogen and oxygen atoms in total. The number of nitrogens with one attached hydrogen (secondary N) is 2. The van der Waals surface area contributed by atoms with E-state index in [9.17, 15) is 0 Å². The zero-order valence-electron chi connectivity index (χ0n) is 12.4. The van der Waals surface area contributed by atoms with Crippen molar-refractivity contribution in [1.82, 2.24) is 15.2 Å². The van der Waals surface area contributed by atoms with Gasteiger partial charge in [0.15, 0.2) is 0 Å². The number of aromatic amines is 1. The third kappa shape index (κ3) is 3.05. The summed E-state index contributed by atoms with van der Waals surface area (Å²) in [6, 6.07) is 9.27. The highest BCUT2D eigenvalue weighted by atomic mass is 15.2. The quantitative estimate of drug-likeness (QED) is 0.819. The second-order valence-corrected chi connectivity index (χ2v) is 5.94. The van der Waals surface area contributed by atoms with E-state index in [-0.39, 0.29) is 0 Å². The summed E-state index contributed by atoms with van der Waals surface area (Å²) in [5, 5.41) is 5.00. The zero-order chi connectivity index (χ0) is 13.8. The molecule has 20 heavy (non-hydrogen) atoms. The number of hydrogen-bond acceptors (Lipinski definition) is 2. The number of hydrogen-bond donors (Lipinski definition) is 2. The van der Waals surface area contributed by atoms with E-state index >= 15 is 0 Å². The van der Waals surface area contributed by atoms with Crippen molar-refractivity contribution in [2.24, 2.45) is 0 Å². The number of fused-ring (bicyclic) bond motifs is 1. The maximum Gasteiger partial charge on any atom is 0.0456 e. The second kappa shape index (κ2) is 6.42. The zero-order valence-corrected chi connectivity index (χ0v) is 12.4. The van der Waals surface area contributed by atoms with Gasteiger partial charge in [0.25, 0.3) is 0 Å². The molecule has 0 saturated carbocycles. The molecule has 1 saturated heterocycles. The number of H-pyrrole nitrogens is 1. The Bertz CT molecular complexity index is 546. The molecule has 1 unspecified atom stereocenters. The maximum atomic E-state index is 3.63. The van der Waals surface area contributed by atoms with Crippen molar-refractivity contribution in [3.05, 3.63) is 36.0 Å². The number of nitrogens with zero attached hydrogens (tertiary/aromatic N) is 1. The minimum absolute atomic E-state index is 0.728. The van der Waals surface area contributed by atoms with Gasteiger partial charge in [-0.1, -0.05) is 24.6 Å². The molecule has 1 aliphatic rings. The highest BCUT2D eigenvalue weighted by Crippen LogP contribution is 2.18. The summed E-state index contributed by atoms with van der Waals surface area (Å²) in [4.78, 5) is 5.85. The van der Waals surface area contributed by atoms with Gasteiger partial charge in [-0.15, -0.1) is 0 Å². The van der Waals surface area contributed by atoms with Gasteiger partial charge in [0.05, 0.1) is 0 Å². The molecule has 0 bridgehead atoms. The van der Waals surface area contributed by atoms with Crippen LogP contribution in [0.4, 0.5) is 0 Å². The van der Waals surface area contributed by atoms with E-state index in [0.29, 0.717) is 0 Å². The van der Waals surface area contributed by atoms with Crippen LogP contribution in [-0.4, -0.2) is 42.6 Å². The van der Waals surface area contributed by atoms with Gasteiger partial charge in [0.1, 0.15) is 0 Å². The topological polar surface area (TPSA) is 31.1 Å². The van der Waals surface area contributed by atoms with Crippen LogP contribution in [-0.2, 0) is 6.42 Å². The van der Waals surface area contributed by atoms with Gasteiger partial charge in [-0.3, -0.25) is 0 Å². The number of benzene rings is 1. The summed E-state index contributed by atoms with van der Waals surface area (Å²) in [5.41, 5.74) is 2.67. The average molecular weight is 271 g/mol. The number of para-hydroxylation sites is 1. The summed E-state index contributed by atoms with van der Waals surface area (Å²) >= 11 is 0. The Kier molecular flexibility index (Phi) is 4.38. The molecule has 0 spiro atoms. The smallest absolute Gasteiger partial charge is 0.0456 e. The van der Waals surface area contributed by atoms with E-state index in [1.165, 1.54) is 42.3 Å². The van der Waals surface area contributed by atoms with Crippen LogP contribution >= 0.6 is 0 Å². The normalized spacial score (nSPS) is 20.6. The van der Waals surface area contributed by atoms with Crippen LogP contribution in [0.25, 0.3) is 10.9 Å². The third-order valence-electron chi connectivity index (χ3n) is 4.55. The standard InChI is InChI=1S/C17H25N3/c1-20-11-5-4-6-15(20)13-18-10-9-14-12-19-17-8-3-2-7-16(14)17/h2-3,7-8,12,15,18-19H,4-6,9-11,13H2,1H3. The number of likely N-dealkylation sites (tertiary alicyclic amines) is 1. The molecule has 1 aromatic carbocycles. The molecule has 2 heterocycles. The largest absolute Gasteiger partial charge is 0.361 e. The van der Waals surface area contributed by atoms with Gasteiger partial charge in [-0.2, -0.15) is 0 Å². The molecule has 0 amide bonds. The Morgan fingerprint density at radius 3 is 3.10 bits per heavy atom. The minimum atomic E-state index is 0.728. The fourth-order valence-corrected chi connectivity index (χ4v) is 3.23. The first-order chi connectivity index (χ1) is 9.84. The summed E-state index contributed by atoms with van der Waals surface area (Å²) in [7, 11) is 2.26. The van der Waals surface area contributed by atoms with E-state index in [1.807, 2.05) is 0 Å². The van der Waals surface area contributed by atoms with Crippen LogP contribution < -0.4 is 5.32 Å². The van der Waals surface area contributed by atoms with E-state index in [1.54, 1.807) is 0 Å². The van der Waals surface area contributed by atoms with E-state index in [2.05, 4.69) is 52.7 Å². The predicted molar refractivity (Wildman–Crippen MR) is 85.1 cm³/mol. The molecule has 3 heteroatoms. The van der Waals surface area contributed by atoms with Crippen LogP contribution in [0.1, 0.15) is 24.8 Å². The molecule has 2 N–H and O–H groups in total. The molecule has 0 aliphatic carbocycles. The molecule has 108 valence electrons. The van der Waals surface area contributed by atoms with Crippen LogP contribution in [0.3, 0.4) is 0 Å². The SMILES string of the molecule is CN1CCCCC1CNCCc1c[nH]c2ccccc12. The number of aromatic nitrogens is 1. The van der Waals surface area contributed by atoms with Crippen LogP contribution in [0.5, 0.6) is 0 Å². The summed E-state index contributed by atoms with van der Waals surface area (Å²) in [6.45, 7) is 3.44. The van der Waals surface area contributed by atoms with Crippen molar-refractivity contribution < 1.29 is 0 Å². The molecule has 3 rings (SSSR count). The molecule has 0 radical (unpaired) electrons. The summed E-state index contributed by atoms with van der Waals surface area (Å²) in [5.74, 6) is 0. The fraction of sp³-hybridized carbons (Fsp3) is 0.529. The lowest BCUT2D eigenvalue weighted by Gasteiger charge is -2.32. The van der Waals surface area contributed by atoms with Gasteiger partial charge in [0, 0.05) is 29.7 Å². The highest BCUT2D eigenvalue weighted by Gasteiger charge is 2.17. The van der Waals surface area contributed by atoms with Crippen molar-refractivity contribution in [3.63, 3.8) is 0 Å². The number of piperidine rings is 1. The molecule has 1 aliphatic heterocycles. The van der Waals surface area contributed by atoms with Crippen LogP contribution in [0.15, 0.2) is 30.5 Å². The van der Waals surface area contributed by atoms with E-state index in [4.69, 9.17) is 0 Å². The molecule has 1 fully saturated rings. The predicted octanol–water partition coefficient (Wildman–Crippen LogP) is 2.78. The Labute approximate surface area is 121 Å². The Hall–Kier alpha value is -1.32. The maximum absolute atomic E-state index is 3.63. The first-order valence-corrected chi connectivity index (χ1v) is 7.80. The lowest BCUT2D eigenvalue weighted by Crippen LogP contribution is -2.43. The Morgan fingerprint density at radius 2 is 2.20 bits per heavy atom. The lowest BCUT2D eigenvalue weighted by molar-refractivity contribution is 0.182. The minimum Gasteiger partial charge on any atom is -0.361 e. The lowest BCUT2D eigenvalue weighted by atomic mass is 10.0. The number of likely N-dealkylation sites (N-methyl/N-ethyl adjacent to an activating group) is 1. The highest BCUT2D eigenvalue weighted by molar-refractivity contribution is 5.83. The summed E-state index contributed by atoms with van der Waals surface area (Å²) in [6.07, 6.45) is 7.34. The van der Waals surface area contributed by atoms with Gasteiger partial charge >= 0.3 is 0 Å². The summed E-state index contributed by atoms with van der Waals surface area (Å²) < 4.78 is 0. The van der Waals surface area contributed by atoms with Gasteiger partial charge < -0.3 is 15.2 Å². The van der Waals surface area contributed by atoms with Crippen LogP contribution in [0.2, 0.25) is 0 Å². The van der Waals surface area contributed by atoms with Gasteiger partial charge in [-0.25, -0.2) is 0 Å².